The van der Waals surface area contributed by atoms with Crippen LogP contribution in [0.2, 0.25) is 0 Å². The molecule has 0 saturated heterocycles. The van der Waals surface area contributed by atoms with E-state index in [-0.39, 0.29) is 0 Å². The molecule has 1 aromatic carbocycles. The second-order valence-electron chi connectivity index (χ2n) is 6.73. The van der Waals surface area contributed by atoms with Crippen LogP contribution in [-0.4, -0.2) is 30.6 Å². The summed E-state index contributed by atoms with van der Waals surface area (Å²) >= 11 is 0. The molecule has 0 aromatic heterocycles. The lowest BCUT2D eigenvalue weighted by Crippen LogP contribution is -2.39. The molecule has 19 heavy (non-hydrogen) atoms. The van der Waals surface area contributed by atoms with Crippen LogP contribution in [0, 0.1) is 11.8 Å². The van der Waals surface area contributed by atoms with Crippen molar-refractivity contribution in [3.05, 3.63) is 35.4 Å². The maximum Gasteiger partial charge on any atom is 0.105 e. The Kier molecular flexibility index (Phi) is 4.32. The molecule has 0 aliphatic heterocycles. The Morgan fingerprint density at radius 1 is 1.21 bits per heavy atom. The summed E-state index contributed by atoms with van der Waals surface area (Å²) in [6.07, 6.45) is 3.41. The van der Waals surface area contributed by atoms with E-state index in [1.54, 1.807) is 0 Å². The van der Waals surface area contributed by atoms with Crippen molar-refractivity contribution >= 4 is 0 Å². The smallest absolute Gasteiger partial charge is 0.105 e. The van der Waals surface area contributed by atoms with Gasteiger partial charge in [0.05, 0.1) is 0 Å². The number of benzene rings is 1. The highest BCUT2D eigenvalue weighted by Gasteiger charge is 2.45. The Morgan fingerprint density at radius 2 is 1.79 bits per heavy atom. The van der Waals surface area contributed by atoms with E-state index in [0.29, 0.717) is 18.4 Å². The van der Waals surface area contributed by atoms with Gasteiger partial charge in [0.1, 0.15) is 5.60 Å². The number of hydrogen-bond donors (Lipinski definition) is 1. The molecule has 106 valence electrons. The van der Waals surface area contributed by atoms with Crippen LogP contribution >= 0.6 is 0 Å². The predicted octanol–water partition coefficient (Wildman–Crippen LogP) is 3.04. The van der Waals surface area contributed by atoms with Crippen molar-refractivity contribution in [1.82, 2.24) is 4.90 Å². The first-order chi connectivity index (χ1) is 8.91. The molecule has 0 heterocycles. The first-order valence-electron chi connectivity index (χ1n) is 7.38. The van der Waals surface area contributed by atoms with Crippen molar-refractivity contribution in [2.45, 2.75) is 38.7 Å². The highest BCUT2D eigenvalue weighted by Crippen LogP contribution is 2.46. The number of aliphatic hydroxyl groups is 1. The molecule has 2 heteroatoms. The maximum atomic E-state index is 11.0. The van der Waals surface area contributed by atoms with E-state index in [0.717, 1.165) is 24.8 Å². The van der Waals surface area contributed by atoms with E-state index >= 15 is 0 Å². The van der Waals surface area contributed by atoms with Crippen molar-refractivity contribution in [3.63, 3.8) is 0 Å². The average Bonchev–Trinajstić information content (AvgIpc) is 3.11. The zero-order valence-electron chi connectivity index (χ0n) is 12.7. The van der Waals surface area contributed by atoms with Crippen LogP contribution in [0.3, 0.4) is 0 Å². The van der Waals surface area contributed by atoms with Crippen molar-refractivity contribution < 1.29 is 5.11 Å². The fraction of sp³-hybridized carbons (Fsp3) is 0.647. The van der Waals surface area contributed by atoms with Crippen molar-refractivity contribution in [3.8, 4) is 0 Å². The van der Waals surface area contributed by atoms with Crippen LogP contribution < -0.4 is 0 Å². The molecule has 1 aromatic rings. The summed E-state index contributed by atoms with van der Waals surface area (Å²) < 4.78 is 0. The monoisotopic (exact) mass is 261 g/mol. The van der Waals surface area contributed by atoms with E-state index in [1.807, 2.05) is 14.1 Å². The second-order valence-corrected chi connectivity index (χ2v) is 6.73. The lowest BCUT2D eigenvalue weighted by Gasteiger charge is -2.32. The van der Waals surface area contributed by atoms with Gasteiger partial charge >= 0.3 is 0 Å². The predicted molar refractivity (Wildman–Crippen MR) is 80.2 cm³/mol. The molecule has 2 rings (SSSR count). The van der Waals surface area contributed by atoms with E-state index in [4.69, 9.17) is 0 Å². The van der Waals surface area contributed by atoms with Gasteiger partial charge in [0, 0.05) is 6.54 Å². The molecule has 0 spiro atoms. The Labute approximate surface area is 117 Å². The summed E-state index contributed by atoms with van der Waals surface area (Å²) in [5.74, 6) is 1.11. The molecule has 1 aliphatic carbocycles. The molecule has 1 saturated carbocycles. The van der Waals surface area contributed by atoms with E-state index in [9.17, 15) is 5.11 Å². The molecule has 1 aliphatic rings. The van der Waals surface area contributed by atoms with Crippen LogP contribution in [-0.2, 0) is 12.0 Å². The average molecular weight is 261 g/mol. The number of rotatable bonds is 6. The van der Waals surface area contributed by atoms with E-state index in [1.165, 1.54) is 5.56 Å². The normalized spacial score (nSPS) is 18.9. The van der Waals surface area contributed by atoms with Gasteiger partial charge in [-0.25, -0.2) is 0 Å². The third-order valence-electron chi connectivity index (χ3n) is 3.91. The molecule has 1 atom stereocenters. The summed E-state index contributed by atoms with van der Waals surface area (Å²) in [7, 11) is 4.06. The van der Waals surface area contributed by atoms with Gasteiger partial charge in [-0.05, 0) is 56.3 Å². The van der Waals surface area contributed by atoms with Gasteiger partial charge in [-0.2, -0.15) is 0 Å². The van der Waals surface area contributed by atoms with Gasteiger partial charge in [0.2, 0.25) is 0 Å². The Balaban J connectivity index is 2.18. The minimum absolute atomic E-state index is 0.436. The highest BCUT2D eigenvalue weighted by atomic mass is 16.3. The van der Waals surface area contributed by atoms with Gasteiger partial charge < -0.3 is 10.0 Å². The van der Waals surface area contributed by atoms with Crippen LogP contribution in [0.5, 0.6) is 0 Å². The van der Waals surface area contributed by atoms with Gasteiger partial charge in [-0.15, -0.1) is 0 Å². The van der Waals surface area contributed by atoms with Crippen molar-refractivity contribution in [2.75, 3.05) is 20.6 Å². The first kappa shape index (κ1) is 14.5. The number of nitrogens with zero attached hydrogens (tertiary/aromatic N) is 1. The van der Waals surface area contributed by atoms with Crippen LogP contribution in [0.25, 0.3) is 0 Å². The third kappa shape index (κ3) is 3.58. The Morgan fingerprint density at radius 3 is 2.21 bits per heavy atom. The minimum atomic E-state index is -0.667. The van der Waals surface area contributed by atoms with Gasteiger partial charge in [0.25, 0.3) is 0 Å². The molecule has 2 nitrogen and oxygen atoms in total. The summed E-state index contributed by atoms with van der Waals surface area (Å²) in [5, 5.41) is 11.0. The Bertz CT molecular complexity index is 406. The van der Waals surface area contributed by atoms with E-state index in [2.05, 4.69) is 43.0 Å². The van der Waals surface area contributed by atoms with Crippen LogP contribution in [0.15, 0.2) is 24.3 Å². The van der Waals surface area contributed by atoms with Crippen LogP contribution in [0.1, 0.15) is 37.8 Å². The summed E-state index contributed by atoms with van der Waals surface area (Å²) in [6.45, 7) is 5.18. The van der Waals surface area contributed by atoms with E-state index < -0.39 is 5.60 Å². The maximum absolute atomic E-state index is 11.0. The summed E-state index contributed by atoms with van der Waals surface area (Å²) in [5.41, 5.74) is 1.78. The molecular weight excluding hydrogens is 234 g/mol. The number of likely N-dealkylation sites (N-methyl/N-ethyl adjacent to an activating group) is 1. The molecule has 0 bridgehead atoms. The number of hydrogen-bond acceptors (Lipinski definition) is 2. The van der Waals surface area contributed by atoms with Gasteiger partial charge in [0.15, 0.2) is 0 Å². The quantitative estimate of drug-likeness (QED) is 0.851. The Hall–Kier alpha value is -0.860. The standard InChI is InChI=1S/C17H27NO/c1-13(2)11-14-5-7-15(8-6-14)17(19,12-18(3)4)16-9-10-16/h5-8,13,16,19H,9-12H2,1-4H3. The van der Waals surface area contributed by atoms with Crippen molar-refractivity contribution in [1.29, 1.82) is 0 Å². The molecule has 0 radical (unpaired) electrons. The third-order valence-corrected chi connectivity index (χ3v) is 3.91. The largest absolute Gasteiger partial charge is 0.384 e. The zero-order chi connectivity index (χ0) is 14.0. The SMILES string of the molecule is CC(C)Cc1ccc(C(O)(CN(C)C)C2CC2)cc1. The summed E-state index contributed by atoms with van der Waals surface area (Å²) in [6, 6.07) is 8.61. The lowest BCUT2D eigenvalue weighted by molar-refractivity contribution is -0.00997. The molecule has 0 amide bonds. The lowest BCUT2D eigenvalue weighted by atomic mass is 9.87. The van der Waals surface area contributed by atoms with Crippen LogP contribution in [0.4, 0.5) is 0 Å². The topological polar surface area (TPSA) is 23.5 Å². The molecular formula is C17H27NO. The minimum Gasteiger partial charge on any atom is -0.384 e. The fourth-order valence-electron chi connectivity index (χ4n) is 2.90. The van der Waals surface area contributed by atoms with Crippen molar-refractivity contribution in [2.24, 2.45) is 11.8 Å². The molecule has 1 N–H and O–H groups in total. The molecule has 1 unspecified atom stereocenters. The molecule has 1 fully saturated rings. The summed E-state index contributed by atoms with van der Waals surface area (Å²) in [4.78, 5) is 2.08. The fourth-order valence-corrected chi connectivity index (χ4v) is 2.90. The second kappa shape index (κ2) is 5.64. The van der Waals surface area contributed by atoms with Gasteiger partial charge in [-0.3, -0.25) is 0 Å². The highest BCUT2D eigenvalue weighted by molar-refractivity contribution is 5.29. The zero-order valence-corrected chi connectivity index (χ0v) is 12.7. The first-order valence-corrected chi connectivity index (χ1v) is 7.38. The van der Waals surface area contributed by atoms with Gasteiger partial charge in [-0.1, -0.05) is 38.1 Å².